The monoisotopic (exact) mass is 285 g/mol. The Kier molecular flexibility index (Phi) is 3.91. The molecule has 0 aromatic carbocycles. The van der Waals surface area contributed by atoms with Crippen LogP contribution in [0.25, 0.3) is 0 Å². The molecule has 3 fully saturated rings. The molecule has 1 aromatic heterocycles. The van der Waals surface area contributed by atoms with Gasteiger partial charge in [-0.1, -0.05) is 18.5 Å². The lowest BCUT2D eigenvalue weighted by Crippen LogP contribution is -2.63. The van der Waals surface area contributed by atoms with Crippen LogP contribution in [0.15, 0.2) is 12.1 Å². The van der Waals surface area contributed by atoms with Crippen LogP contribution in [0, 0.1) is 0 Å². The minimum atomic E-state index is 0.426. The van der Waals surface area contributed by atoms with Crippen LogP contribution >= 0.6 is 22.9 Å². The zero-order valence-electron chi connectivity index (χ0n) is 10.7. The molecule has 3 saturated heterocycles. The molecule has 3 nitrogen and oxygen atoms in total. The summed E-state index contributed by atoms with van der Waals surface area (Å²) in [6.07, 6.45) is 0. The van der Waals surface area contributed by atoms with E-state index in [1.807, 2.05) is 6.07 Å². The van der Waals surface area contributed by atoms with Crippen molar-refractivity contribution in [2.24, 2.45) is 0 Å². The van der Waals surface area contributed by atoms with E-state index in [9.17, 15) is 0 Å². The van der Waals surface area contributed by atoms with Crippen molar-refractivity contribution in [3.05, 3.63) is 21.3 Å². The van der Waals surface area contributed by atoms with Gasteiger partial charge in [-0.2, -0.15) is 0 Å². The van der Waals surface area contributed by atoms with Crippen molar-refractivity contribution in [1.82, 2.24) is 15.1 Å². The lowest BCUT2D eigenvalue weighted by molar-refractivity contribution is -0.00289. The van der Waals surface area contributed by atoms with E-state index in [2.05, 4.69) is 28.1 Å². The molecular formula is C13H20ClN3S. The second-order valence-corrected chi connectivity index (χ2v) is 6.83. The number of hydrogen-bond acceptors (Lipinski definition) is 4. The Hall–Kier alpha value is -0.130. The van der Waals surface area contributed by atoms with Gasteiger partial charge in [0.1, 0.15) is 0 Å². The summed E-state index contributed by atoms with van der Waals surface area (Å²) in [5.41, 5.74) is 0. The van der Waals surface area contributed by atoms with E-state index in [1.54, 1.807) is 11.3 Å². The highest BCUT2D eigenvalue weighted by molar-refractivity contribution is 7.16. The lowest BCUT2D eigenvalue weighted by Gasteiger charge is -2.50. The molecule has 4 heterocycles. The first-order valence-corrected chi connectivity index (χ1v) is 7.92. The molecule has 1 aromatic rings. The van der Waals surface area contributed by atoms with Crippen LogP contribution in [0.3, 0.4) is 0 Å². The molecule has 2 bridgehead atoms. The Bertz CT molecular complexity index is 401. The number of hydrogen-bond donors (Lipinski definition) is 1. The van der Waals surface area contributed by atoms with Gasteiger partial charge < -0.3 is 5.32 Å². The van der Waals surface area contributed by atoms with Crippen molar-refractivity contribution in [3.63, 3.8) is 0 Å². The average molecular weight is 286 g/mol. The first-order chi connectivity index (χ1) is 8.78. The molecule has 2 atom stereocenters. The normalized spacial score (nSPS) is 32.7. The molecule has 2 unspecified atom stereocenters. The van der Waals surface area contributed by atoms with E-state index < -0.39 is 0 Å². The molecule has 0 radical (unpaired) electrons. The summed E-state index contributed by atoms with van der Waals surface area (Å²) >= 11 is 7.80. The second-order valence-electron chi connectivity index (χ2n) is 5.08. The van der Waals surface area contributed by atoms with Crippen LogP contribution in [0.2, 0.25) is 4.34 Å². The van der Waals surface area contributed by atoms with Crippen LogP contribution in [-0.2, 0) is 0 Å². The van der Waals surface area contributed by atoms with Gasteiger partial charge in [0.15, 0.2) is 0 Å². The number of nitrogens with one attached hydrogen (secondary N) is 1. The molecule has 4 rings (SSSR count). The van der Waals surface area contributed by atoms with Gasteiger partial charge in [-0.05, 0) is 18.7 Å². The largest absolute Gasteiger partial charge is 0.308 e. The highest BCUT2D eigenvalue weighted by Crippen LogP contribution is 2.33. The lowest BCUT2D eigenvalue weighted by atomic mass is 9.99. The molecule has 0 amide bonds. The summed E-state index contributed by atoms with van der Waals surface area (Å²) < 4.78 is 0.893. The summed E-state index contributed by atoms with van der Waals surface area (Å²) in [6.45, 7) is 9.27. The molecule has 1 N–H and O–H groups in total. The van der Waals surface area contributed by atoms with Crippen LogP contribution in [0.5, 0.6) is 0 Å². The maximum absolute atomic E-state index is 6.09. The number of thiophene rings is 1. The standard InChI is InChI=1S/C13H20ClN3S/c1-2-15-13(11-3-4-12(14)18-11)10-9-16-5-7-17(10)8-6-16/h3-4,10,13,15H,2,5-9H2,1H3. The van der Waals surface area contributed by atoms with Crippen molar-refractivity contribution in [1.29, 1.82) is 0 Å². The first-order valence-electron chi connectivity index (χ1n) is 6.73. The van der Waals surface area contributed by atoms with Crippen LogP contribution in [0.4, 0.5) is 0 Å². The van der Waals surface area contributed by atoms with Gasteiger partial charge in [-0.3, -0.25) is 9.80 Å². The fraction of sp³-hybridized carbons (Fsp3) is 0.692. The zero-order chi connectivity index (χ0) is 12.5. The number of piperazine rings is 3. The summed E-state index contributed by atoms with van der Waals surface area (Å²) in [7, 11) is 0. The van der Waals surface area contributed by atoms with Crippen molar-refractivity contribution in [2.45, 2.75) is 19.0 Å². The molecule has 5 heteroatoms. The third kappa shape index (κ3) is 2.45. The van der Waals surface area contributed by atoms with E-state index in [-0.39, 0.29) is 0 Å². The number of rotatable bonds is 4. The van der Waals surface area contributed by atoms with E-state index >= 15 is 0 Å². The van der Waals surface area contributed by atoms with Crippen LogP contribution in [-0.4, -0.2) is 55.1 Å². The van der Waals surface area contributed by atoms with Crippen molar-refractivity contribution in [2.75, 3.05) is 39.3 Å². The Morgan fingerprint density at radius 3 is 2.67 bits per heavy atom. The van der Waals surface area contributed by atoms with Crippen LogP contribution in [0.1, 0.15) is 17.8 Å². The number of nitrogens with zero attached hydrogens (tertiary/aromatic N) is 2. The third-order valence-electron chi connectivity index (χ3n) is 4.03. The summed E-state index contributed by atoms with van der Waals surface area (Å²) in [5.74, 6) is 0. The first kappa shape index (κ1) is 12.9. The van der Waals surface area contributed by atoms with Gasteiger partial charge in [0.05, 0.1) is 10.4 Å². The van der Waals surface area contributed by atoms with E-state index in [0.717, 1.165) is 10.9 Å². The number of fused-ring (bicyclic) bond motifs is 3. The van der Waals surface area contributed by atoms with E-state index in [0.29, 0.717) is 12.1 Å². The fourth-order valence-corrected chi connectivity index (χ4v) is 4.31. The maximum atomic E-state index is 6.09. The smallest absolute Gasteiger partial charge is 0.0931 e. The van der Waals surface area contributed by atoms with E-state index in [4.69, 9.17) is 11.6 Å². The molecule has 3 aliphatic heterocycles. The number of halogens is 1. The minimum Gasteiger partial charge on any atom is -0.308 e. The predicted molar refractivity (Wildman–Crippen MR) is 77.5 cm³/mol. The topological polar surface area (TPSA) is 18.5 Å². The number of likely N-dealkylation sites (N-methyl/N-ethyl adjacent to an activating group) is 1. The van der Waals surface area contributed by atoms with Crippen LogP contribution < -0.4 is 5.32 Å². The van der Waals surface area contributed by atoms with Crippen molar-refractivity contribution in [3.8, 4) is 0 Å². The second kappa shape index (κ2) is 5.47. The molecule has 0 saturated carbocycles. The Morgan fingerprint density at radius 2 is 2.17 bits per heavy atom. The fourth-order valence-electron chi connectivity index (χ4n) is 3.12. The summed E-state index contributed by atoms with van der Waals surface area (Å²) in [5, 5.41) is 3.65. The summed E-state index contributed by atoms with van der Waals surface area (Å²) in [6, 6.07) is 5.22. The van der Waals surface area contributed by atoms with Gasteiger partial charge in [-0.25, -0.2) is 0 Å². The van der Waals surface area contributed by atoms with Gasteiger partial charge >= 0.3 is 0 Å². The molecule has 0 spiro atoms. The minimum absolute atomic E-state index is 0.426. The maximum Gasteiger partial charge on any atom is 0.0931 e. The molecular weight excluding hydrogens is 266 g/mol. The van der Waals surface area contributed by atoms with Crippen molar-refractivity contribution >= 4 is 22.9 Å². The summed E-state index contributed by atoms with van der Waals surface area (Å²) in [4.78, 5) is 6.60. The van der Waals surface area contributed by atoms with Gasteiger partial charge in [0.2, 0.25) is 0 Å². The van der Waals surface area contributed by atoms with Gasteiger partial charge in [-0.15, -0.1) is 11.3 Å². The van der Waals surface area contributed by atoms with E-state index in [1.165, 1.54) is 37.6 Å². The third-order valence-corrected chi connectivity index (χ3v) is 5.34. The SMILES string of the molecule is CCNC(c1ccc(Cl)s1)C1CN2CCN1CC2. The molecule has 18 heavy (non-hydrogen) atoms. The van der Waals surface area contributed by atoms with Crippen molar-refractivity contribution < 1.29 is 0 Å². The Labute approximate surface area is 118 Å². The van der Waals surface area contributed by atoms with Gasteiger partial charge in [0.25, 0.3) is 0 Å². The quantitative estimate of drug-likeness (QED) is 0.913. The highest BCUT2D eigenvalue weighted by Gasteiger charge is 2.37. The Morgan fingerprint density at radius 1 is 1.39 bits per heavy atom. The Balaban J connectivity index is 1.81. The highest BCUT2D eigenvalue weighted by atomic mass is 35.5. The molecule has 0 aliphatic carbocycles. The average Bonchev–Trinajstić information content (AvgIpc) is 2.83. The molecule has 100 valence electrons. The predicted octanol–water partition coefficient (Wildman–Crippen LogP) is 2.05. The molecule has 3 aliphatic rings. The van der Waals surface area contributed by atoms with Gasteiger partial charge in [0, 0.05) is 43.6 Å². The zero-order valence-corrected chi connectivity index (χ0v) is 12.3.